The Morgan fingerprint density at radius 1 is 1.19 bits per heavy atom. The van der Waals surface area contributed by atoms with Gasteiger partial charge in [0.2, 0.25) is 0 Å². The van der Waals surface area contributed by atoms with Gasteiger partial charge in [-0.3, -0.25) is 4.79 Å². The van der Waals surface area contributed by atoms with E-state index < -0.39 is 0 Å². The fourth-order valence-electron chi connectivity index (χ4n) is 5.51. The molecular weight excluding hydrogens is 460 g/mol. The number of likely N-dealkylation sites (tertiary alicyclic amines) is 1. The molecule has 0 aliphatic carbocycles. The van der Waals surface area contributed by atoms with Gasteiger partial charge >= 0.3 is 5.97 Å². The van der Waals surface area contributed by atoms with Crippen LogP contribution in [0.1, 0.15) is 70.4 Å². The van der Waals surface area contributed by atoms with Crippen LogP contribution in [-0.2, 0) is 21.4 Å². The van der Waals surface area contributed by atoms with Gasteiger partial charge in [-0.15, -0.1) is 0 Å². The molecule has 0 radical (unpaired) electrons. The lowest BCUT2D eigenvalue weighted by molar-refractivity contribution is -0.143. The molecule has 1 heterocycles. The molecule has 2 aromatic rings. The predicted octanol–water partition coefficient (Wildman–Crippen LogP) is 5.95. The Morgan fingerprint density at radius 3 is 2.73 bits per heavy atom. The van der Waals surface area contributed by atoms with Crippen molar-refractivity contribution in [3.05, 3.63) is 65.7 Å². The maximum Gasteiger partial charge on any atom is 0.307 e. The van der Waals surface area contributed by atoms with Crippen LogP contribution in [0.2, 0.25) is 0 Å². The summed E-state index contributed by atoms with van der Waals surface area (Å²) in [6.45, 7) is 12.2. The smallest absolute Gasteiger partial charge is 0.307 e. The normalized spacial score (nSPS) is 21.0. The number of carbonyl (C=O) groups excluding carboxylic acids is 1. The van der Waals surface area contributed by atoms with E-state index in [1.165, 1.54) is 11.1 Å². The number of phenols is 1. The second kappa shape index (κ2) is 15.1. The molecule has 0 bridgehead atoms. The number of phenolic OH excluding ortho intramolecular Hbond substituents is 1. The van der Waals surface area contributed by atoms with E-state index in [1.807, 2.05) is 12.1 Å². The van der Waals surface area contributed by atoms with Crippen molar-refractivity contribution in [2.75, 3.05) is 39.3 Å². The number of benzene rings is 2. The molecule has 3 atom stereocenters. The van der Waals surface area contributed by atoms with Crippen molar-refractivity contribution in [3.8, 4) is 5.75 Å². The van der Waals surface area contributed by atoms with E-state index in [1.54, 1.807) is 6.07 Å². The highest BCUT2D eigenvalue weighted by Gasteiger charge is 2.38. The molecule has 2 aromatic carbocycles. The van der Waals surface area contributed by atoms with Gasteiger partial charge in [-0.1, -0.05) is 76.1 Å². The van der Waals surface area contributed by atoms with Gasteiger partial charge in [-0.05, 0) is 85.8 Å². The Bertz CT molecular complexity index is 935. The summed E-state index contributed by atoms with van der Waals surface area (Å²) >= 11 is 0. The van der Waals surface area contributed by atoms with Gasteiger partial charge in [0.15, 0.2) is 0 Å². The molecule has 0 spiro atoms. The molecule has 5 heteroatoms. The lowest BCUT2D eigenvalue weighted by Gasteiger charge is -2.45. The standard InChI is InChI=1S/C32H48N2O3/c1-4-5-9-21-37-31(36)15-18-33-24-28(22-27-11-7-6-8-12-27)16-19-34-20-17-32(3,26(2)25-34)29-13-10-14-30(35)23-29/h6-8,10-14,23,26,28,33,35H,4-5,9,15-22,24-25H2,1-3H3. The number of hydrogen-bond donors (Lipinski definition) is 2. The van der Waals surface area contributed by atoms with E-state index in [0.29, 0.717) is 37.2 Å². The molecule has 2 N–H and O–H groups in total. The average molecular weight is 509 g/mol. The molecule has 3 unspecified atom stereocenters. The summed E-state index contributed by atoms with van der Waals surface area (Å²) in [6, 6.07) is 18.5. The van der Waals surface area contributed by atoms with E-state index in [0.717, 1.165) is 64.7 Å². The minimum Gasteiger partial charge on any atom is -0.508 e. The van der Waals surface area contributed by atoms with Gasteiger partial charge in [-0.25, -0.2) is 0 Å². The topological polar surface area (TPSA) is 61.8 Å². The molecule has 5 nitrogen and oxygen atoms in total. The average Bonchev–Trinajstić information content (AvgIpc) is 2.90. The van der Waals surface area contributed by atoms with Crippen molar-refractivity contribution in [1.29, 1.82) is 0 Å². The van der Waals surface area contributed by atoms with Crippen LogP contribution in [0.25, 0.3) is 0 Å². The van der Waals surface area contributed by atoms with Crippen molar-refractivity contribution >= 4 is 5.97 Å². The Morgan fingerprint density at radius 2 is 2.00 bits per heavy atom. The minimum absolute atomic E-state index is 0.0887. The lowest BCUT2D eigenvalue weighted by Crippen LogP contribution is -2.47. The van der Waals surface area contributed by atoms with Gasteiger partial charge in [0.05, 0.1) is 13.0 Å². The molecule has 1 aliphatic heterocycles. The van der Waals surface area contributed by atoms with E-state index in [-0.39, 0.29) is 11.4 Å². The molecule has 1 fully saturated rings. The Labute approximate surface area is 224 Å². The highest BCUT2D eigenvalue weighted by Crippen LogP contribution is 2.40. The maximum atomic E-state index is 12.0. The van der Waals surface area contributed by atoms with Gasteiger partial charge < -0.3 is 20.1 Å². The number of piperidine rings is 1. The highest BCUT2D eigenvalue weighted by atomic mass is 16.5. The van der Waals surface area contributed by atoms with E-state index >= 15 is 0 Å². The third kappa shape index (κ3) is 9.46. The van der Waals surface area contributed by atoms with E-state index in [9.17, 15) is 9.90 Å². The number of nitrogens with one attached hydrogen (secondary N) is 1. The molecule has 0 amide bonds. The first-order valence-electron chi connectivity index (χ1n) is 14.3. The molecular formula is C32H48N2O3. The Balaban J connectivity index is 1.47. The zero-order chi connectivity index (χ0) is 26.5. The zero-order valence-electron chi connectivity index (χ0n) is 23.3. The first-order valence-corrected chi connectivity index (χ1v) is 14.3. The van der Waals surface area contributed by atoms with Crippen LogP contribution in [0.5, 0.6) is 5.75 Å². The summed E-state index contributed by atoms with van der Waals surface area (Å²) in [5, 5.41) is 13.5. The van der Waals surface area contributed by atoms with Crippen LogP contribution >= 0.6 is 0 Å². The largest absolute Gasteiger partial charge is 0.508 e. The third-order valence-electron chi connectivity index (χ3n) is 8.24. The molecule has 0 saturated carbocycles. The SMILES string of the molecule is CCCCCOC(=O)CCNCC(CCN1CCC(C)(c2cccc(O)c2)C(C)C1)Cc1ccccc1. The summed E-state index contributed by atoms with van der Waals surface area (Å²) in [4.78, 5) is 14.6. The predicted molar refractivity (Wildman–Crippen MR) is 152 cm³/mol. The van der Waals surface area contributed by atoms with Crippen LogP contribution in [0.15, 0.2) is 54.6 Å². The van der Waals surface area contributed by atoms with Gasteiger partial charge in [0.1, 0.15) is 5.75 Å². The van der Waals surface area contributed by atoms with Crippen molar-refractivity contribution < 1.29 is 14.6 Å². The molecule has 204 valence electrons. The molecule has 37 heavy (non-hydrogen) atoms. The van der Waals surface area contributed by atoms with Crippen LogP contribution in [0, 0.1) is 11.8 Å². The van der Waals surface area contributed by atoms with Crippen molar-refractivity contribution in [1.82, 2.24) is 10.2 Å². The van der Waals surface area contributed by atoms with Gasteiger partial charge in [-0.2, -0.15) is 0 Å². The molecule has 1 aliphatic rings. The second-order valence-corrected chi connectivity index (χ2v) is 11.1. The van der Waals surface area contributed by atoms with E-state index in [2.05, 4.69) is 67.4 Å². The Kier molecular flexibility index (Phi) is 11.9. The number of aromatic hydroxyl groups is 1. The van der Waals surface area contributed by atoms with Crippen LogP contribution in [0.4, 0.5) is 0 Å². The number of rotatable bonds is 15. The lowest BCUT2D eigenvalue weighted by atomic mass is 9.68. The quantitative estimate of drug-likeness (QED) is 0.230. The van der Waals surface area contributed by atoms with Crippen LogP contribution < -0.4 is 5.32 Å². The Hall–Kier alpha value is -2.37. The molecule has 3 rings (SSSR count). The first kappa shape index (κ1) is 29.2. The van der Waals surface area contributed by atoms with Crippen LogP contribution in [-0.4, -0.2) is 55.3 Å². The maximum absolute atomic E-state index is 12.0. The molecule has 1 saturated heterocycles. The summed E-state index contributed by atoms with van der Waals surface area (Å²) in [6.07, 6.45) is 6.89. The number of unbranched alkanes of at least 4 members (excludes halogenated alkanes) is 2. The highest BCUT2D eigenvalue weighted by molar-refractivity contribution is 5.69. The number of hydrogen-bond acceptors (Lipinski definition) is 5. The summed E-state index contributed by atoms with van der Waals surface area (Å²) in [5.74, 6) is 1.28. The van der Waals surface area contributed by atoms with Crippen molar-refractivity contribution in [2.24, 2.45) is 11.8 Å². The van der Waals surface area contributed by atoms with E-state index in [4.69, 9.17) is 4.74 Å². The first-order chi connectivity index (χ1) is 17.9. The summed E-state index contributed by atoms with van der Waals surface area (Å²) in [7, 11) is 0. The number of ether oxygens (including phenoxy) is 1. The summed E-state index contributed by atoms with van der Waals surface area (Å²) < 4.78 is 5.34. The summed E-state index contributed by atoms with van der Waals surface area (Å²) in [5.41, 5.74) is 2.70. The van der Waals surface area contributed by atoms with Crippen molar-refractivity contribution in [3.63, 3.8) is 0 Å². The van der Waals surface area contributed by atoms with Gasteiger partial charge in [0.25, 0.3) is 0 Å². The fourth-order valence-corrected chi connectivity index (χ4v) is 5.51. The van der Waals surface area contributed by atoms with Crippen molar-refractivity contribution in [2.45, 2.75) is 71.1 Å². The third-order valence-corrected chi connectivity index (χ3v) is 8.24. The number of carbonyl (C=O) groups is 1. The number of nitrogens with zero attached hydrogens (tertiary/aromatic N) is 1. The fraction of sp³-hybridized carbons (Fsp3) is 0.594. The number of esters is 1. The second-order valence-electron chi connectivity index (χ2n) is 11.1. The van der Waals surface area contributed by atoms with Crippen LogP contribution in [0.3, 0.4) is 0 Å². The zero-order valence-corrected chi connectivity index (χ0v) is 23.3. The molecule has 0 aromatic heterocycles. The monoisotopic (exact) mass is 508 g/mol. The minimum atomic E-state index is -0.0969. The van der Waals surface area contributed by atoms with Gasteiger partial charge in [0, 0.05) is 13.1 Å².